The van der Waals surface area contributed by atoms with E-state index in [1.54, 1.807) is 12.1 Å². The number of hydrogen-bond acceptors (Lipinski definition) is 7. The zero-order chi connectivity index (χ0) is 44.0. The summed E-state index contributed by atoms with van der Waals surface area (Å²) in [5, 5.41) is 0. The molecule has 0 saturated carbocycles. The molecule has 312 valence electrons. The van der Waals surface area contributed by atoms with Crippen LogP contribution >= 0.6 is 63.7 Å². The minimum atomic E-state index is -0.829. The molecule has 2 aliphatic rings. The van der Waals surface area contributed by atoms with Gasteiger partial charge in [-0.15, -0.1) is 0 Å². The number of carbonyl (C=O) groups is 2. The summed E-state index contributed by atoms with van der Waals surface area (Å²) in [6, 6.07) is 37.8. The van der Waals surface area contributed by atoms with Gasteiger partial charge < -0.3 is 23.4 Å². The molecule has 5 aromatic carbocycles. The summed E-state index contributed by atoms with van der Waals surface area (Å²) in [6.07, 6.45) is 0. The van der Waals surface area contributed by atoms with Gasteiger partial charge in [-0.1, -0.05) is 118 Å². The molecule has 60 heavy (non-hydrogen) atoms. The van der Waals surface area contributed by atoms with Crippen molar-refractivity contribution in [3.63, 3.8) is 0 Å². The van der Waals surface area contributed by atoms with Gasteiger partial charge in [0, 0.05) is 23.5 Å². The molecule has 0 spiro atoms. The van der Waals surface area contributed by atoms with Crippen LogP contribution in [0.15, 0.2) is 127 Å². The number of methoxy groups -OCH3 is 1. The largest absolute Gasteiger partial charge is 0.495 e. The van der Waals surface area contributed by atoms with Crippen molar-refractivity contribution in [1.82, 2.24) is 0 Å². The molecule has 7 rings (SSSR count). The Morgan fingerprint density at radius 3 is 0.983 bits per heavy atom. The third-order valence-electron chi connectivity index (χ3n) is 12.1. The van der Waals surface area contributed by atoms with E-state index in [-0.39, 0.29) is 11.3 Å². The Kier molecular flexibility index (Phi) is 13.8. The molecule has 2 saturated heterocycles. The van der Waals surface area contributed by atoms with Gasteiger partial charge in [-0.05, 0) is 150 Å². The summed E-state index contributed by atoms with van der Waals surface area (Å²) < 4.78 is 33.9. The summed E-state index contributed by atoms with van der Waals surface area (Å²) in [5.41, 5.74) is 3.57. The summed E-state index contributed by atoms with van der Waals surface area (Å²) >= 11 is 14.4. The molecule has 0 N–H and O–H groups in total. The fraction of sp³-hybridized carbons (Fsp3) is 0.319. The van der Waals surface area contributed by atoms with Gasteiger partial charge in [0.15, 0.2) is 5.78 Å². The first kappa shape index (κ1) is 46.6. The third-order valence-corrected chi connectivity index (χ3v) is 14.2. The average Bonchev–Trinajstić information content (AvgIpc) is 3.55. The van der Waals surface area contributed by atoms with Gasteiger partial charge in [0.1, 0.15) is 0 Å². The van der Waals surface area contributed by atoms with E-state index in [9.17, 15) is 9.59 Å². The van der Waals surface area contributed by atoms with Gasteiger partial charge in [0.2, 0.25) is 0 Å². The molecule has 0 aliphatic carbocycles. The van der Waals surface area contributed by atoms with Crippen LogP contribution in [0.2, 0.25) is 0 Å². The Morgan fingerprint density at radius 2 is 0.733 bits per heavy atom. The second-order valence-electron chi connectivity index (χ2n) is 17.0. The first-order valence-corrected chi connectivity index (χ1v) is 22.7. The maximum atomic E-state index is 12.7. The molecule has 5 aromatic rings. The molecule has 13 heteroatoms. The smallest absolute Gasteiger partial charge is 0.465 e. The Hall–Kier alpha value is -2.87. The number of carbonyl (C=O) groups excluding carboxylic acids is 2. The van der Waals surface area contributed by atoms with Gasteiger partial charge in [-0.3, -0.25) is 4.79 Å². The number of ether oxygens (including phenoxy) is 1. The van der Waals surface area contributed by atoms with Crippen LogP contribution in [-0.4, -0.2) is 55.5 Å². The van der Waals surface area contributed by atoms with Crippen molar-refractivity contribution in [3.8, 4) is 0 Å². The van der Waals surface area contributed by atoms with Gasteiger partial charge >= 0.3 is 20.2 Å². The lowest BCUT2D eigenvalue weighted by Gasteiger charge is -2.37. The second kappa shape index (κ2) is 17.7. The van der Waals surface area contributed by atoms with Crippen LogP contribution in [0, 0.1) is 0 Å². The maximum absolute atomic E-state index is 12.7. The molecule has 0 atom stereocenters. The van der Waals surface area contributed by atoms with E-state index in [0.29, 0.717) is 16.5 Å². The number of halogens is 4. The lowest BCUT2D eigenvalue weighted by Crippen LogP contribution is -2.44. The van der Waals surface area contributed by atoms with Crippen molar-refractivity contribution in [1.29, 1.82) is 0 Å². The molecule has 2 heterocycles. The van der Waals surface area contributed by atoms with E-state index in [0.717, 1.165) is 17.9 Å². The zero-order valence-electron chi connectivity index (χ0n) is 35.4. The van der Waals surface area contributed by atoms with Crippen LogP contribution in [0.1, 0.15) is 105 Å². The highest BCUT2D eigenvalue weighted by Gasteiger charge is 2.55. The van der Waals surface area contributed by atoms with Crippen molar-refractivity contribution >= 4 is 101 Å². The van der Waals surface area contributed by atoms with Crippen molar-refractivity contribution in [2.75, 3.05) is 7.11 Å². The van der Waals surface area contributed by atoms with Crippen molar-refractivity contribution in [2.45, 2.75) is 90.1 Å². The lowest BCUT2D eigenvalue weighted by molar-refractivity contribution is 0.00578. The Labute approximate surface area is 388 Å². The standard InChI is InChI=1S/C25H16Br4.C22H32B2O7/c26-21-9-1-17(2-10-21)25(18-3-11-22(27)12-4-18,19-5-13-23(28)14-6-19)20-7-15-24(29)16-8-20;1-13(25)14-11-17(24-30-21(6,7)22(8,9)31-24)15(18(26)27-10)12-16(14)23-28-19(2,3)20(4,5)29-23/h1-16H;11-12H,1-10H3. The number of benzene rings is 5. The van der Waals surface area contributed by atoms with E-state index in [1.807, 2.05) is 55.4 Å². The van der Waals surface area contributed by atoms with Crippen LogP contribution in [0.5, 0.6) is 0 Å². The topological polar surface area (TPSA) is 80.3 Å². The Bertz CT molecular complexity index is 2140. The van der Waals surface area contributed by atoms with Crippen LogP contribution in [0.4, 0.5) is 0 Å². The van der Waals surface area contributed by atoms with Crippen molar-refractivity contribution in [2.24, 2.45) is 0 Å². The number of ketones is 1. The highest BCUT2D eigenvalue weighted by atomic mass is 79.9. The molecule has 0 radical (unpaired) electrons. The fourth-order valence-corrected chi connectivity index (χ4v) is 8.41. The van der Waals surface area contributed by atoms with E-state index in [2.05, 4.69) is 161 Å². The number of rotatable bonds is 8. The molecular formula is C47H48B2Br4O7. The average molecular weight is 1070 g/mol. The molecule has 7 nitrogen and oxygen atoms in total. The molecule has 0 bridgehead atoms. The van der Waals surface area contributed by atoms with Crippen LogP contribution in [0.3, 0.4) is 0 Å². The zero-order valence-corrected chi connectivity index (χ0v) is 41.8. The number of esters is 1. The highest BCUT2D eigenvalue weighted by molar-refractivity contribution is 9.11. The predicted octanol–water partition coefficient (Wildman–Crippen LogP) is 11.4. The number of Topliss-reactive ketones (excluding diaryl/α,β-unsaturated/α-hetero) is 1. The van der Waals surface area contributed by atoms with Gasteiger partial charge in [-0.25, -0.2) is 4.79 Å². The van der Waals surface area contributed by atoms with Crippen LogP contribution in [0.25, 0.3) is 0 Å². The van der Waals surface area contributed by atoms with E-state index in [1.165, 1.54) is 36.3 Å². The predicted molar refractivity (Wildman–Crippen MR) is 255 cm³/mol. The minimum Gasteiger partial charge on any atom is -0.465 e. The molecular weight excluding hydrogens is 1020 g/mol. The van der Waals surface area contributed by atoms with Crippen LogP contribution < -0.4 is 10.9 Å². The molecule has 0 aromatic heterocycles. The van der Waals surface area contributed by atoms with E-state index in [4.69, 9.17) is 23.4 Å². The SMILES string of the molecule is Brc1ccc(C(c2ccc(Br)cc2)(c2ccc(Br)cc2)c2ccc(Br)cc2)cc1.COC(=O)c1cc(B2OC(C)(C)C(C)(C)O2)c(C(C)=O)cc1B1OC(C)(C)C(C)(C)O1. The summed E-state index contributed by atoms with van der Waals surface area (Å²) in [5.74, 6) is -0.739. The Morgan fingerprint density at radius 1 is 0.483 bits per heavy atom. The highest BCUT2D eigenvalue weighted by Crippen LogP contribution is 2.46. The molecule has 0 amide bonds. The van der Waals surface area contributed by atoms with Crippen LogP contribution in [-0.2, 0) is 28.8 Å². The first-order valence-electron chi connectivity index (χ1n) is 19.6. The van der Waals surface area contributed by atoms with Gasteiger partial charge in [-0.2, -0.15) is 0 Å². The summed E-state index contributed by atoms with van der Waals surface area (Å²) in [6.45, 7) is 16.9. The molecule has 2 aliphatic heterocycles. The maximum Gasteiger partial charge on any atom is 0.495 e. The lowest BCUT2D eigenvalue weighted by atomic mass is 9.65. The first-order chi connectivity index (χ1) is 28.0. The second-order valence-corrected chi connectivity index (χ2v) is 20.7. The van der Waals surface area contributed by atoms with E-state index >= 15 is 0 Å². The summed E-state index contributed by atoms with van der Waals surface area (Å²) in [4.78, 5) is 25.3. The monoisotopic (exact) mass is 1060 g/mol. The van der Waals surface area contributed by atoms with Gasteiger partial charge in [0.05, 0.1) is 40.5 Å². The number of hydrogen-bond donors (Lipinski definition) is 0. The molecule has 0 unspecified atom stereocenters. The van der Waals surface area contributed by atoms with Crippen molar-refractivity contribution < 1.29 is 32.9 Å². The quantitative estimate of drug-likeness (QED) is 0.0663. The third kappa shape index (κ3) is 9.11. The van der Waals surface area contributed by atoms with Gasteiger partial charge in [0.25, 0.3) is 0 Å². The fourth-order valence-electron chi connectivity index (χ4n) is 7.35. The van der Waals surface area contributed by atoms with E-state index < -0.39 is 48.0 Å². The minimum absolute atomic E-state index is 0.182. The summed E-state index contributed by atoms with van der Waals surface area (Å²) in [7, 11) is -0.326. The van der Waals surface area contributed by atoms with Crippen molar-refractivity contribution in [3.05, 3.63) is 160 Å². The molecule has 2 fully saturated rings. The normalized spacial score (nSPS) is 17.5. The Balaban J connectivity index is 0.000000202.